The first-order chi connectivity index (χ1) is 8.42. The molecule has 0 aromatic carbocycles. The van der Waals surface area contributed by atoms with Crippen molar-refractivity contribution in [3.05, 3.63) is 23.2 Å². The maximum atomic E-state index is 12.1. The molecule has 2 rings (SSSR count). The zero-order chi connectivity index (χ0) is 13.3. The highest BCUT2D eigenvalue weighted by molar-refractivity contribution is 5.96. The predicted molar refractivity (Wildman–Crippen MR) is 64.5 cm³/mol. The van der Waals surface area contributed by atoms with E-state index in [1.165, 1.54) is 0 Å². The number of carbonyl (C=O) groups excluding carboxylic acids is 1. The molecule has 0 atom stereocenters. The van der Waals surface area contributed by atoms with Gasteiger partial charge < -0.3 is 14.8 Å². The van der Waals surface area contributed by atoms with Gasteiger partial charge in [0.25, 0.3) is 5.91 Å². The highest BCUT2D eigenvalue weighted by Crippen LogP contribution is 2.35. The van der Waals surface area contributed by atoms with Crippen LogP contribution < -0.4 is 5.32 Å². The third kappa shape index (κ3) is 2.39. The number of hydrogen-bond acceptors (Lipinski definition) is 3. The number of aryl methyl sites for hydroxylation is 2. The third-order valence-electron chi connectivity index (χ3n) is 3.46. The Balaban J connectivity index is 2.11. The minimum absolute atomic E-state index is 0.0192. The van der Waals surface area contributed by atoms with Crippen LogP contribution in [0.1, 0.15) is 47.6 Å². The fourth-order valence-corrected chi connectivity index (χ4v) is 2.40. The topological polar surface area (TPSA) is 79.5 Å². The number of hydrogen-bond donors (Lipinski definition) is 2. The van der Waals surface area contributed by atoms with Crippen LogP contribution in [0.3, 0.4) is 0 Å². The summed E-state index contributed by atoms with van der Waals surface area (Å²) >= 11 is 0. The lowest BCUT2D eigenvalue weighted by Crippen LogP contribution is -2.54. The first-order valence-corrected chi connectivity index (χ1v) is 6.03. The van der Waals surface area contributed by atoms with Gasteiger partial charge in [-0.15, -0.1) is 0 Å². The van der Waals surface area contributed by atoms with E-state index in [2.05, 4.69) is 5.32 Å². The van der Waals surface area contributed by atoms with Gasteiger partial charge in [-0.25, -0.2) is 0 Å². The van der Waals surface area contributed by atoms with Crippen LogP contribution in [0.5, 0.6) is 0 Å². The molecule has 1 fully saturated rings. The van der Waals surface area contributed by atoms with Gasteiger partial charge in [-0.3, -0.25) is 9.59 Å². The summed E-state index contributed by atoms with van der Waals surface area (Å²) in [7, 11) is 0. The fourth-order valence-electron chi connectivity index (χ4n) is 2.40. The zero-order valence-corrected chi connectivity index (χ0v) is 10.6. The van der Waals surface area contributed by atoms with E-state index in [4.69, 9.17) is 9.52 Å². The van der Waals surface area contributed by atoms with E-state index in [9.17, 15) is 9.59 Å². The molecule has 5 nitrogen and oxygen atoms in total. The monoisotopic (exact) mass is 251 g/mol. The molecule has 1 heterocycles. The summed E-state index contributed by atoms with van der Waals surface area (Å²) in [4.78, 5) is 22.9. The van der Waals surface area contributed by atoms with Crippen molar-refractivity contribution in [2.24, 2.45) is 0 Å². The van der Waals surface area contributed by atoms with Gasteiger partial charge in [-0.05, 0) is 39.2 Å². The smallest absolute Gasteiger partial charge is 0.305 e. The van der Waals surface area contributed by atoms with E-state index in [1.54, 1.807) is 19.9 Å². The fraction of sp³-hybridized carbons (Fsp3) is 0.538. The van der Waals surface area contributed by atoms with Gasteiger partial charge in [-0.1, -0.05) is 0 Å². The molecule has 1 amide bonds. The molecule has 1 aliphatic rings. The minimum atomic E-state index is -0.880. The summed E-state index contributed by atoms with van der Waals surface area (Å²) < 4.78 is 5.31. The molecule has 5 heteroatoms. The van der Waals surface area contributed by atoms with Crippen LogP contribution in [0.25, 0.3) is 0 Å². The standard InChI is InChI=1S/C13H17NO4/c1-8-6-10(9(2)18-8)12(17)14-13(4-3-5-13)7-11(15)16/h6H,3-5,7H2,1-2H3,(H,14,17)(H,15,16). The second kappa shape index (κ2) is 4.48. The van der Waals surface area contributed by atoms with Crippen LogP contribution in [-0.4, -0.2) is 22.5 Å². The van der Waals surface area contributed by atoms with Gasteiger partial charge >= 0.3 is 5.97 Å². The highest BCUT2D eigenvalue weighted by atomic mass is 16.4. The lowest BCUT2D eigenvalue weighted by Gasteiger charge is -2.41. The molecule has 0 radical (unpaired) electrons. The average molecular weight is 251 g/mol. The normalized spacial score (nSPS) is 17.0. The molecule has 18 heavy (non-hydrogen) atoms. The first-order valence-electron chi connectivity index (χ1n) is 6.03. The maximum absolute atomic E-state index is 12.1. The maximum Gasteiger partial charge on any atom is 0.305 e. The van der Waals surface area contributed by atoms with E-state index in [0.29, 0.717) is 17.1 Å². The largest absolute Gasteiger partial charge is 0.481 e. The van der Waals surface area contributed by atoms with Gasteiger partial charge in [0.2, 0.25) is 0 Å². The molecule has 98 valence electrons. The van der Waals surface area contributed by atoms with E-state index >= 15 is 0 Å². The van der Waals surface area contributed by atoms with Crippen molar-refractivity contribution in [3.8, 4) is 0 Å². The Kier molecular flexibility index (Phi) is 3.15. The Morgan fingerprint density at radius 1 is 1.44 bits per heavy atom. The Bertz CT molecular complexity index is 485. The van der Waals surface area contributed by atoms with Crippen molar-refractivity contribution >= 4 is 11.9 Å². The summed E-state index contributed by atoms with van der Waals surface area (Å²) in [6, 6.07) is 1.68. The number of rotatable bonds is 4. The number of furan rings is 1. The summed E-state index contributed by atoms with van der Waals surface area (Å²) in [5.41, 5.74) is -0.0790. The molecular formula is C13H17NO4. The lowest BCUT2D eigenvalue weighted by molar-refractivity contribution is -0.139. The summed E-state index contributed by atoms with van der Waals surface area (Å²) in [6.07, 6.45) is 2.38. The second-order valence-corrected chi connectivity index (χ2v) is 4.99. The second-order valence-electron chi connectivity index (χ2n) is 4.99. The minimum Gasteiger partial charge on any atom is -0.481 e. The van der Waals surface area contributed by atoms with E-state index in [-0.39, 0.29) is 12.3 Å². The summed E-state index contributed by atoms with van der Waals surface area (Å²) in [5.74, 6) is 0.119. The number of amides is 1. The van der Waals surface area contributed by atoms with Gasteiger partial charge in [0.15, 0.2) is 0 Å². The number of carboxylic acids is 1. The van der Waals surface area contributed by atoms with Crippen molar-refractivity contribution < 1.29 is 19.1 Å². The van der Waals surface area contributed by atoms with Crippen molar-refractivity contribution in [3.63, 3.8) is 0 Å². The molecule has 1 aliphatic carbocycles. The number of carboxylic acid groups (broad SMARTS) is 1. The molecule has 0 unspecified atom stereocenters. The summed E-state index contributed by atoms with van der Waals surface area (Å²) in [5, 5.41) is 11.7. The van der Waals surface area contributed by atoms with Gasteiger partial charge in [0.05, 0.1) is 17.5 Å². The SMILES string of the molecule is Cc1cc(C(=O)NC2(CC(=O)O)CCC2)c(C)o1. The average Bonchev–Trinajstić information content (AvgIpc) is 2.53. The van der Waals surface area contributed by atoms with Crippen LogP contribution in [-0.2, 0) is 4.79 Å². The molecule has 0 spiro atoms. The van der Waals surface area contributed by atoms with E-state index in [1.807, 2.05) is 0 Å². The van der Waals surface area contributed by atoms with Crippen molar-refractivity contribution in [2.75, 3.05) is 0 Å². The number of carbonyl (C=O) groups is 2. The molecular weight excluding hydrogens is 234 g/mol. The molecule has 0 saturated heterocycles. The van der Waals surface area contributed by atoms with Gasteiger partial charge in [-0.2, -0.15) is 0 Å². The Morgan fingerprint density at radius 2 is 2.11 bits per heavy atom. The van der Waals surface area contributed by atoms with Crippen molar-refractivity contribution in [2.45, 2.75) is 45.1 Å². The van der Waals surface area contributed by atoms with Gasteiger partial charge in [0.1, 0.15) is 11.5 Å². The quantitative estimate of drug-likeness (QED) is 0.858. The van der Waals surface area contributed by atoms with E-state index in [0.717, 1.165) is 19.3 Å². The van der Waals surface area contributed by atoms with Crippen LogP contribution in [0.15, 0.2) is 10.5 Å². The molecule has 1 saturated carbocycles. The predicted octanol–water partition coefficient (Wildman–Crippen LogP) is 2.02. The first kappa shape index (κ1) is 12.7. The Morgan fingerprint density at radius 3 is 2.50 bits per heavy atom. The third-order valence-corrected chi connectivity index (χ3v) is 3.46. The zero-order valence-electron chi connectivity index (χ0n) is 10.6. The molecule has 1 aromatic rings. The lowest BCUT2D eigenvalue weighted by atomic mass is 9.74. The van der Waals surface area contributed by atoms with Crippen LogP contribution in [0, 0.1) is 13.8 Å². The van der Waals surface area contributed by atoms with Crippen molar-refractivity contribution in [1.29, 1.82) is 0 Å². The van der Waals surface area contributed by atoms with Gasteiger partial charge in [0, 0.05) is 0 Å². The molecule has 0 bridgehead atoms. The Hall–Kier alpha value is -1.78. The molecule has 2 N–H and O–H groups in total. The highest BCUT2D eigenvalue weighted by Gasteiger charge is 2.40. The Labute approximate surface area is 105 Å². The number of nitrogens with one attached hydrogen (secondary N) is 1. The van der Waals surface area contributed by atoms with Crippen LogP contribution in [0.2, 0.25) is 0 Å². The summed E-state index contributed by atoms with van der Waals surface area (Å²) in [6.45, 7) is 3.51. The number of aliphatic carboxylic acids is 1. The molecule has 0 aliphatic heterocycles. The van der Waals surface area contributed by atoms with Crippen molar-refractivity contribution in [1.82, 2.24) is 5.32 Å². The molecule has 1 aromatic heterocycles. The van der Waals surface area contributed by atoms with Crippen LogP contribution in [0.4, 0.5) is 0 Å². The van der Waals surface area contributed by atoms with E-state index < -0.39 is 11.5 Å². The van der Waals surface area contributed by atoms with Crippen LogP contribution >= 0.6 is 0 Å².